The number of carbonyl (C=O) groups excluding carboxylic acids is 1. The fourth-order valence-electron chi connectivity index (χ4n) is 3.07. The molecule has 0 aliphatic heterocycles. The van der Waals surface area contributed by atoms with Crippen LogP contribution in [0.1, 0.15) is 35.7 Å². The van der Waals surface area contributed by atoms with Crippen LogP contribution in [-0.4, -0.2) is 34.5 Å². The van der Waals surface area contributed by atoms with Crippen LogP contribution in [-0.2, 0) is 0 Å². The smallest absolute Gasteiger partial charge is 0.254 e. The molecule has 1 aromatic carbocycles. The summed E-state index contributed by atoms with van der Waals surface area (Å²) in [6, 6.07) is 7.27. The topological polar surface area (TPSA) is 109 Å². The van der Waals surface area contributed by atoms with E-state index in [1.54, 1.807) is 35.1 Å². The van der Waals surface area contributed by atoms with Crippen molar-refractivity contribution in [2.24, 2.45) is 5.73 Å². The van der Waals surface area contributed by atoms with Crippen LogP contribution in [0, 0.1) is 5.41 Å². The average Bonchev–Trinajstić information content (AvgIpc) is 3.00. The van der Waals surface area contributed by atoms with E-state index in [2.05, 4.69) is 15.7 Å². The van der Waals surface area contributed by atoms with Gasteiger partial charge in [0.25, 0.3) is 5.91 Å². The van der Waals surface area contributed by atoms with Gasteiger partial charge in [-0.15, -0.1) is 0 Å². The highest BCUT2D eigenvalue weighted by Gasteiger charge is 2.28. The van der Waals surface area contributed by atoms with Gasteiger partial charge in [-0.2, -0.15) is 5.10 Å². The number of primary amides is 1. The Bertz CT molecular complexity index is 785. The third kappa shape index (κ3) is 3.83. The zero-order chi connectivity index (χ0) is 18.0. The summed E-state index contributed by atoms with van der Waals surface area (Å²) in [5.41, 5.74) is 7.16. The van der Waals surface area contributed by atoms with E-state index >= 15 is 0 Å². The molecule has 8 heteroatoms. The monoisotopic (exact) mass is 360 g/mol. The maximum atomic E-state index is 11.8. The highest BCUT2D eigenvalue weighted by Crippen LogP contribution is 2.28. The van der Waals surface area contributed by atoms with Crippen LogP contribution in [0.4, 0.5) is 11.5 Å². The first-order chi connectivity index (χ1) is 12.0. The number of nitrogens with zero attached hydrogens (tertiary/aromatic N) is 2. The third-order valence-electron chi connectivity index (χ3n) is 4.49. The van der Waals surface area contributed by atoms with Crippen molar-refractivity contribution in [3.8, 4) is 0 Å². The van der Waals surface area contributed by atoms with Crippen molar-refractivity contribution in [3.05, 3.63) is 41.0 Å². The van der Waals surface area contributed by atoms with E-state index in [4.69, 9.17) is 22.7 Å². The van der Waals surface area contributed by atoms with Crippen LogP contribution in [0.2, 0.25) is 5.02 Å². The van der Waals surface area contributed by atoms with Crippen molar-refractivity contribution in [2.75, 3.05) is 12.4 Å². The third-order valence-corrected chi connectivity index (χ3v) is 4.74. The number of benzene rings is 1. The lowest BCUT2D eigenvalue weighted by Gasteiger charge is -2.29. The molecule has 132 valence electrons. The maximum absolute atomic E-state index is 11.8. The zero-order valence-corrected chi connectivity index (χ0v) is 14.7. The van der Waals surface area contributed by atoms with Gasteiger partial charge in [-0.3, -0.25) is 9.48 Å². The Morgan fingerprint density at radius 2 is 2.08 bits per heavy atom. The number of aromatic nitrogens is 2. The molecular weight excluding hydrogens is 340 g/mol. The van der Waals surface area contributed by atoms with Crippen molar-refractivity contribution < 1.29 is 4.79 Å². The highest BCUT2D eigenvalue weighted by molar-refractivity contribution is 6.30. The Kier molecular flexibility index (Phi) is 5.06. The molecule has 1 aliphatic rings. The quantitative estimate of drug-likeness (QED) is 0.657. The first-order valence-corrected chi connectivity index (χ1v) is 8.52. The first-order valence-electron chi connectivity index (χ1n) is 8.14. The Balaban J connectivity index is 1.86. The van der Waals surface area contributed by atoms with Gasteiger partial charge < -0.3 is 21.8 Å². The molecule has 0 spiro atoms. The van der Waals surface area contributed by atoms with Crippen molar-refractivity contribution in [1.82, 2.24) is 15.1 Å². The summed E-state index contributed by atoms with van der Waals surface area (Å²) in [7, 11) is 1.91. The molecule has 3 rings (SSSR count). The van der Waals surface area contributed by atoms with Gasteiger partial charge >= 0.3 is 0 Å². The maximum Gasteiger partial charge on any atom is 0.254 e. The molecule has 2 aromatic rings. The summed E-state index contributed by atoms with van der Waals surface area (Å²) < 4.78 is 1.67. The summed E-state index contributed by atoms with van der Waals surface area (Å²) in [5, 5.41) is 19.7. The first kappa shape index (κ1) is 17.4. The lowest BCUT2D eigenvalue weighted by Crippen LogP contribution is -2.36. The van der Waals surface area contributed by atoms with E-state index in [1.165, 1.54) is 0 Å². The van der Waals surface area contributed by atoms with Gasteiger partial charge in [0.2, 0.25) is 0 Å². The molecule has 1 aliphatic carbocycles. The van der Waals surface area contributed by atoms with Gasteiger partial charge in [0.05, 0.1) is 6.04 Å². The minimum absolute atomic E-state index is 0.150. The van der Waals surface area contributed by atoms with Crippen LogP contribution >= 0.6 is 11.6 Å². The molecule has 25 heavy (non-hydrogen) atoms. The molecule has 1 fully saturated rings. The summed E-state index contributed by atoms with van der Waals surface area (Å²) in [4.78, 5) is 11.8. The molecule has 1 saturated carbocycles. The number of hydrogen-bond acceptors (Lipinski definition) is 5. The van der Waals surface area contributed by atoms with Crippen LogP contribution in [0.25, 0.3) is 0 Å². The fourth-order valence-corrected chi connectivity index (χ4v) is 3.20. The Morgan fingerprint density at radius 1 is 1.36 bits per heavy atom. The molecule has 0 unspecified atom stereocenters. The summed E-state index contributed by atoms with van der Waals surface area (Å²) in [6.45, 7) is 0. The Labute approximate surface area is 151 Å². The predicted molar refractivity (Wildman–Crippen MR) is 98.9 cm³/mol. The normalized spacial score (nSPS) is 20.5. The van der Waals surface area contributed by atoms with Gasteiger partial charge in [-0.25, -0.2) is 0 Å². The number of halogens is 1. The minimum atomic E-state index is -0.557. The number of rotatable bonds is 5. The van der Waals surface area contributed by atoms with E-state index in [0.717, 1.165) is 18.5 Å². The average molecular weight is 361 g/mol. The predicted octanol–water partition coefficient (Wildman–Crippen LogP) is 2.71. The van der Waals surface area contributed by atoms with Crippen LogP contribution in [0.3, 0.4) is 0 Å². The van der Waals surface area contributed by atoms with Gasteiger partial charge in [-0.1, -0.05) is 11.6 Å². The summed E-state index contributed by atoms with van der Waals surface area (Å²) in [5.74, 6) is -0.170. The summed E-state index contributed by atoms with van der Waals surface area (Å²) in [6.07, 6.45) is 4.05. The second-order valence-corrected chi connectivity index (χ2v) is 6.61. The molecule has 1 amide bonds. The number of amides is 1. The molecule has 0 saturated heterocycles. The molecule has 0 radical (unpaired) electrons. The van der Waals surface area contributed by atoms with Crippen molar-refractivity contribution in [3.63, 3.8) is 0 Å². The Morgan fingerprint density at radius 3 is 2.68 bits per heavy atom. The number of nitrogens with two attached hydrogens (primary N) is 1. The van der Waals surface area contributed by atoms with Gasteiger partial charge in [0.15, 0.2) is 5.82 Å². The van der Waals surface area contributed by atoms with E-state index in [0.29, 0.717) is 34.6 Å². The molecule has 2 atom stereocenters. The number of carbonyl (C=O) groups is 1. The zero-order valence-electron chi connectivity index (χ0n) is 13.9. The van der Waals surface area contributed by atoms with Crippen LogP contribution in [0.5, 0.6) is 0 Å². The van der Waals surface area contributed by atoms with E-state index in [9.17, 15) is 4.79 Å². The van der Waals surface area contributed by atoms with Gasteiger partial charge in [-0.05, 0) is 44.2 Å². The second kappa shape index (κ2) is 7.25. The number of anilines is 2. The fraction of sp³-hybridized carbons (Fsp3) is 0.353. The lowest BCUT2D eigenvalue weighted by molar-refractivity contribution is 0.100. The van der Waals surface area contributed by atoms with Crippen LogP contribution in [0.15, 0.2) is 30.5 Å². The number of hydrogen-bond donors (Lipinski definition) is 4. The molecule has 0 bridgehead atoms. The second-order valence-electron chi connectivity index (χ2n) is 6.18. The largest absolute Gasteiger partial charge is 0.365 e. The lowest BCUT2D eigenvalue weighted by atomic mass is 9.89. The number of nitrogens with one attached hydrogen (secondary N) is 3. The molecule has 7 nitrogen and oxygen atoms in total. The van der Waals surface area contributed by atoms with E-state index in [1.807, 2.05) is 7.05 Å². The molecule has 5 N–H and O–H groups in total. The molecular formula is C17H21ClN6O. The van der Waals surface area contributed by atoms with Gasteiger partial charge in [0.1, 0.15) is 5.56 Å². The van der Waals surface area contributed by atoms with Crippen LogP contribution < -0.4 is 16.4 Å². The van der Waals surface area contributed by atoms with Crippen molar-refractivity contribution in [1.29, 1.82) is 5.41 Å². The van der Waals surface area contributed by atoms with E-state index in [-0.39, 0.29) is 6.04 Å². The standard InChI is InChI=1S/C17H21ClN6O/c1-21-12-6-7-15(14(19)8-12)24-9-13(16(20)25)17(23-24)22-11-4-2-10(18)3-5-11/h2-5,9,12,15,19,21H,6-8H2,1H3,(H2,20,25)(H,22,23)/t12-,15-/m0/s1. The highest BCUT2D eigenvalue weighted by atomic mass is 35.5. The van der Waals surface area contributed by atoms with E-state index < -0.39 is 5.91 Å². The Hall–Kier alpha value is -2.38. The minimum Gasteiger partial charge on any atom is -0.365 e. The van der Waals surface area contributed by atoms with Gasteiger partial charge in [0, 0.05) is 35.1 Å². The molecule has 1 heterocycles. The SMILES string of the molecule is CN[C@H]1CC[C@H](n2cc(C(N)=O)c(Nc3ccc(Cl)cc3)n2)C(=N)C1. The van der Waals surface area contributed by atoms with Crippen molar-refractivity contribution >= 4 is 34.7 Å². The summed E-state index contributed by atoms with van der Waals surface area (Å²) >= 11 is 5.89. The molecule has 1 aromatic heterocycles. The van der Waals surface area contributed by atoms with Crippen molar-refractivity contribution in [2.45, 2.75) is 31.3 Å².